The van der Waals surface area contributed by atoms with Crippen LogP contribution in [0.1, 0.15) is 43.5 Å². The Morgan fingerprint density at radius 1 is 1.50 bits per heavy atom. The van der Waals surface area contributed by atoms with E-state index in [2.05, 4.69) is 19.2 Å². The van der Waals surface area contributed by atoms with Gasteiger partial charge >= 0.3 is 0 Å². The molecule has 3 N–H and O–H groups in total. The van der Waals surface area contributed by atoms with Crippen molar-refractivity contribution in [3.8, 4) is 0 Å². The third kappa shape index (κ3) is 3.15. The van der Waals surface area contributed by atoms with Gasteiger partial charge in [0.05, 0.1) is 10.7 Å². The molecule has 1 fully saturated rings. The Morgan fingerprint density at radius 2 is 2.25 bits per heavy atom. The first-order valence-corrected chi connectivity index (χ1v) is 7.63. The van der Waals surface area contributed by atoms with E-state index in [9.17, 15) is 4.79 Å². The van der Waals surface area contributed by atoms with Crippen molar-refractivity contribution < 1.29 is 4.79 Å². The molecule has 0 aliphatic carbocycles. The highest BCUT2D eigenvalue weighted by atomic mass is 35.5. The molecule has 1 aromatic rings. The zero-order valence-corrected chi connectivity index (χ0v) is 13.0. The van der Waals surface area contributed by atoms with Gasteiger partial charge in [0.2, 0.25) is 0 Å². The van der Waals surface area contributed by atoms with Crippen molar-refractivity contribution in [2.45, 2.75) is 33.1 Å². The summed E-state index contributed by atoms with van der Waals surface area (Å²) in [5.41, 5.74) is 6.64. The quantitative estimate of drug-likeness (QED) is 0.645. The number of carbonyl (C=O) groups excluding carboxylic acids is 1. The Hall–Kier alpha value is -1.06. The van der Waals surface area contributed by atoms with Crippen molar-refractivity contribution in [1.82, 2.24) is 5.32 Å². The third-order valence-electron chi connectivity index (χ3n) is 4.19. The van der Waals surface area contributed by atoms with Crippen LogP contribution < -0.4 is 11.1 Å². The van der Waals surface area contributed by atoms with Gasteiger partial charge in [0.1, 0.15) is 0 Å². The zero-order chi connectivity index (χ0) is 14.8. The standard InChI is InChI=1S/C16H23ClN2O/c1-11(2)5-6-16(7-8-19-10-16)15(20)12-3-4-14(18)13(17)9-12/h3-4,9,11,19H,5-8,10,18H2,1-2H3/t16-/m1/s1. The fourth-order valence-electron chi connectivity index (χ4n) is 2.80. The molecule has 110 valence electrons. The average molecular weight is 295 g/mol. The smallest absolute Gasteiger partial charge is 0.170 e. The second kappa shape index (κ2) is 6.15. The van der Waals surface area contributed by atoms with Gasteiger partial charge in [-0.2, -0.15) is 0 Å². The highest BCUT2D eigenvalue weighted by Crippen LogP contribution is 2.37. The van der Waals surface area contributed by atoms with E-state index >= 15 is 0 Å². The molecular weight excluding hydrogens is 272 g/mol. The van der Waals surface area contributed by atoms with Crippen LogP contribution >= 0.6 is 11.6 Å². The van der Waals surface area contributed by atoms with Crippen molar-refractivity contribution in [1.29, 1.82) is 0 Å². The maximum absolute atomic E-state index is 12.9. The number of rotatable bonds is 5. The van der Waals surface area contributed by atoms with Crippen molar-refractivity contribution in [2.75, 3.05) is 18.8 Å². The number of halogens is 1. The first-order valence-electron chi connectivity index (χ1n) is 7.25. The van der Waals surface area contributed by atoms with E-state index in [4.69, 9.17) is 17.3 Å². The van der Waals surface area contributed by atoms with E-state index in [1.165, 1.54) is 0 Å². The van der Waals surface area contributed by atoms with Gasteiger partial charge in [-0.25, -0.2) is 0 Å². The summed E-state index contributed by atoms with van der Waals surface area (Å²) < 4.78 is 0. The van der Waals surface area contributed by atoms with E-state index in [1.54, 1.807) is 18.2 Å². The highest BCUT2D eigenvalue weighted by molar-refractivity contribution is 6.33. The minimum atomic E-state index is -0.274. The van der Waals surface area contributed by atoms with Crippen molar-refractivity contribution in [2.24, 2.45) is 11.3 Å². The number of Topliss-reactive ketones (excluding diaryl/α,β-unsaturated/α-hetero) is 1. The first-order chi connectivity index (χ1) is 9.44. The van der Waals surface area contributed by atoms with Crippen LogP contribution in [0.25, 0.3) is 0 Å². The van der Waals surface area contributed by atoms with Crippen LogP contribution in [0.5, 0.6) is 0 Å². The molecule has 1 atom stereocenters. The van der Waals surface area contributed by atoms with Gasteiger partial charge in [0, 0.05) is 17.5 Å². The van der Waals surface area contributed by atoms with Crippen LogP contribution in [0.2, 0.25) is 5.02 Å². The first kappa shape index (κ1) is 15.3. The Kier molecular flexibility index (Phi) is 4.71. The predicted octanol–water partition coefficient (Wildman–Crippen LogP) is 3.52. The number of carbonyl (C=O) groups is 1. The average Bonchev–Trinajstić information content (AvgIpc) is 2.89. The maximum atomic E-state index is 12.9. The van der Waals surface area contributed by atoms with Gasteiger partial charge in [-0.15, -0.1) is 0 Å². The lowest BCUT2D eigenvalue weighted by molar-refractivity contribution is 0.0794. The molecule has 0 amide bonds. The predicted molar refractivity (Wildman–Crippen MR) is 84.2 cm³/mol. The molecule has 0 saturated carbocycles. The lowest BCUT2D eigenvalue weighted by atomic mass is 9.75. The van der Waals surface area contributed by atoms with Crippen LogP contribution in [0.3, 0.4) is 0 Å². The summed E-state index contributed by atoms with van der Waals surface area (Å²) in [6, 6.07) is 5.21. The Balaban J connectivity index is 2.24. The molecule has 0 radical (unpaired) electrons. The summed E-state index contributed by atoms with van der Waals surface area (Å²) in [7, 11) is 0. The van der Waals surface area contributed by atoms with E-state index in [0.717, 1.165) is 32.4 Å². The molecular formula is C16H23ClN2O. The van der Waals surface area contributed by atoms with Crippen LogP contribution in [0.15, 0.2) is 18.2 Å². The Labute approximate surface area is 125 Å². The topological polar surface area (TPSA) is 55.1 Å². The number of ketones is 1. The second-order valence-corrected chi connectivity index (χ2v) is 6.61. The Bertz CT molecular complexity index is 493. The monoisotopic (exact) mass is 294 g/mol. The molecule has 2 rings (SSSR count). The molecule has 3 nitrogen and oxygen atoms in total. The molecule has 1 heterocycles. The van der Waals surface area contributed by atoms with E-state index in [1.807, 2.05) is 0 Å². The number of anilines is 1. The molecule has 0 unspecified atom stereocenters. The lowest BCUT2D eigenvalue weighted by Crippen LogP contribution is -2.34. The summed E-state index contributed by atoms with van der Waals surface area (Å²) in [5.74, 6) is 0.806. The number of nitrogens with two attached hydrogens (primary N) is 1. The van der Waals surface area contributed by atoms with Crippen LogP contribution in [0.4, 0.5) is 5.69 Å². The van der Waals surface area contributed by atoms with Crippen molar-refractivity contribution >= 4 is 23.1 Å². The normalized spacial score (nSPS) is 22.4. The van der Waals surface area contributed by atoms with Crippen LogP contribution in [-0.4, -0.2) is 18.9 Å². The van der Waals surface area contributed by atoms with Crippen LogP contribution in [-0.2, 0) is 0 Å². The number of hydrogen-bond acceptors (Lipinski definition) is 3. The van der Waals surface area contributed by atoms with Gasteiger partial charge in [0.25, 0.3) is 0 Å². The summed E-state index contributed by atoms with van der Waals surface area (Å²) >= 11 is 6.04. The second-order valence-electron chi connectivity index (χ2n) is 6.21. The van der Waals surface area contributed by atoms with Crippen LogP contribution in [0, 0.1) is 11.3 Å². The minimum absolute atomic E-state index is 0.199. The highest BCUT2D eigenvalue weighted by Gasteiger charge is 2.41. The van der Waals surface area contributed by atoms with Crippen molar-refractivity contribution in [3.63, 3.8) is 0 Å². The molecule has 1 aromatic carbocycles. The lowest BCUT2D eigenvalue weighted by Gasteiger charge is -2.27. The zero-order valence-electron chi connectivity index (χ0n) is 12.2. The van der Waals surface area contributed by atoms with E-state index in [-0.39, 0.29) is 11.2 Å². The summed E-state index contributed by atoms with van der Waals surface area (Å²) in [5, 5.41) is 3.79. The number of hydrogen-bond donors (Lipinski definition) is 2. The molecule has 0 aromatic heterocycles. The molecule has 1 aliphatic heterocycles. The van der Waals surface area contributed by atoms with Crippen molar-refractivity contribution in [3.05, 3.63) is 28.8 Å². The SMILES string of the molecule is CC(C)CC[C@@]1(C(=O)c2ccc(N)c(Cl)c2)CCNC1. The Morgan fingerprint density at radius 3 is 2.80 bits per heavy atom. The fourth-order valence-corrected chi connectivity index (χ4v) is 2.98. The number of nitrogens with one attached hydrogen (secondary N) is 1. The van der Waals surface area contributed by atoms with Gasteiger partial charge in [-0.05, 0) is 49.9 Å². The summed E-state index contributed by atoms with van der Waals surface area (Å²) in [4.78, 5) is 12.9. The van der Waals surface area contributed by atoms with Gasteiger partial charge in [-0.3, -0.25) is 4.79 Å². The largest absolute Gasteiger partial charge is 0.398 e. The van der Waals surface area contributed by atoms with E-state index < -0.39 is 0 Å². The number of benzene rings is 1. The number of nitrogen functional groups attached to an aromatic ring is 1. The third-order valence-corrected chi connectivity index (χ3v) is 4.52. The summed E-state index contributed by atoms with van der Waals surface area (Å²) in [6.07, 6.45) is 2.90. The molecule has 1 saturated heterocycles. The molecule has 1 aliphatic rings. The molecule has 0 spiro atoms. The maximum Gasteiger partial charge on any atom is 0.170 e. The molecule has 0 bridgehead atoms. The molecule has 4 heteroatoms. The van der Waals surface area contributed by atoms with E-state index in [0.29, 0.717) is 22.2 Å². The molecule has 20 heavy (non-hydrogen) atoms. The minimum Gasteiger partial charge on any atom is -0.398 e. The van der Waals surface area contributed by atoms with Gasteiger partial charge in [0.15, 0.2) is 5.78 Å². The fraction of sp³-hybridized carbons (Fsp3) is 0.562. The summed E-state index contributed by atoms with van der Waals surface area (Å²) in [6.45, 7) is 6.06. The van der Waals surface area contributed by atoms with Gasteiger partial charge in [-0.1, -0.05) is 25.4 Å². The van der Waals surface area contributed by atoms with Gasteiger partial charge < -0.3 is 11.1 Å².